The number of likely N-dealkylation sites (tertiary alicyclic amines) is 1. The van der Waals surface area contributed by atoms with E-state index in [0.29, 0.717) is 36.9 Å². The summed E-state index contributed by atoms with van der Waals surface area (Å²) in [5, 5.41) is 0. The number of piperidine rings is 2. The maximum absolute atomic E-state index is 13.0. The quantitative estimate of drug-likeness (QED) is 0.797. The van der Waals surface area contributed by atoms with Gasteiger partial charge in [-0.1, -0.05) is 6.07 Å². The summed E-state index contributed by atoms with van der Waals surface area (Å²) in [5.41, 5.74) is 2.47. The van der Waals surface area contributed by atoms with Crippen LogP contribution in [0, 0.1) is 5.92 Å². The molecule has 1 amide bonds. The summed E-state index contributed by atoms with van der Waals surface area (Å²) >= 11 is 0. The average Bonchev–Trinajstić information content (AvgIpc) is 3.16. The van der Waals surface area contributed by atoms with Crippen molar-refractivity contribution in [3.63, 3.8) is 0 Å². The highest BCUT2D eigenvalue weighted by Gasteiger charge is 2.35. The topological polar surface area (TPSA) is 57.7 Å². The second kappa shape index (κ2) is 7.55. The Balaban J connectivity index is 1.42. The van der Waals surface area contributed by atoms with Crippen molar-refractivity contribution in [2.24, 2.45) is 5.92 Å². The summed E-state index contributed by atoms with van der Waals surface area (Å²) in [5.74, 6) is 0.203. The van der Waals surface area contributed by atoms with Crippen LogP contribution in [-0.2, 0) is 27.7 Å². The van der Waals surface area contributed by atoms with Crippen LogP contribution in [0.25, 0.3) is 0 Å². The number of hydrogen-bond acceptors (Lipinski definition) is 3. The summed E-state index contributed by atoms with van der Waals surface area (Å²) < 4.78 is 27.7. The van der Waals surface area contributed by atoms with Crippen molar-refractivity contribution in [1.82, 2.24) is 9.21 Å². The second-order valence-electron chi connectivity index (χ2n) is 8.34. The van der Waals surface area contributed by atoms with Crippen molar-refractivity contribution >= 4 is 15.9 Å². The van der Waals surface area contributed by atoms with Gasteiger partial charge in [-0.25, -0.2) is 8.42 Å². The molecule has 0 spiro atoms. The van der Waals surface area contributed by atoms with Crippen LogP contribution in [0.3, 0.4) is 0 Å². The minimum absolute atomic E-state index is 0.0305. The van der Waals surface area contributed by atoms with Gasteiger partial charge in [0.2, 0.25) is 15.9 Å². The van der Waals surface area contributed by atoms with Gasteiger partial charge >= 0.3 is 0 Å². The number of sulfonamides is 1. The van der Waals surface area contributed by atoms with Gasteiger partial charge < -0.3 is 4.90 Å². The number of nitrogens with zero attached hydrogens (tertiary/aromatic N) is 2. The molecule has 0 bridgehead atoms. The molecular formula is C21H30N2O3S. The van der Waals surface area contributed by atoms with Gasteiger partial charge in [-0.3, -0.25) is 4.79 Å². The van der Waals surface area contributed by atoms with E-state index in [2.05, 4.69) is 6.92 Å². The van der Waals surface area contributed by atoms with Crippen molar-refractivity contribution in [1.29, 1.82) is 0 Å². The van der Waals surface area contributed by atoms with E-state index in [1.807, 2.05) is 17.0 Å². The van der Waals surface area contributed by atoms with Crippen molar-refractivity contribution in [3.05, 3.63) is 29.3 Å². The van der Waals surface area contributed by atoms with E-state index in [-0.39, 0.29) is 11.8 Å². The lowest BCUT2D eigenvalue weighted by molar-refractivity contribution is -0.140. The molecule has 1 atom stereocenters. The Hall–Kier alpha value is -1.40. The van der Waals surface area contributed by atoms with Crippen LogP contribution in [0.5, 0.6) is 0 Å². The van der Waals surface area contributed by atoms with Crippen LogP contribution in [-0.4, -0.2) is 49.2 Å². The molecule has 4 rings (SSSR count). The Bertz CT molecular complexity index is 813. The molecule has 1 unspecified atom stereocenters. The smallest absolute Gasteiger partial charge is 0.243 e. The number of carbonyl (C=O) groups excluding carboxylic acids is 1. The first-order chi connectivity index (χ1) is 13.0. The molecule has 1 aliphatic carbocycles. The Morgan fingerprint density at radius 2 is 1.70 bits per heavy atom. The molecule has 2 saturated heterocycles. The van der Waals surface area contributed by atoms with Crippen molar-refractivity contribution in [2.45, 2.75) is 69.2 Å². The molecule has 0 N–H and O–H groups in total. The number of hydrogen-bond donors (Lipinski definition) is 0. The molecule has 2 fully saturated rings. The van der Waals surface area contributed by atoms with Crippen LogP contribution in [0.1, 0.15) is 56.6 Å². The third-order valence-electron chi connectivity index (χ3n) is 6.60. The van der Waals surface area contributed by atoms with Crippen molar-refractivity contribution in [3.8, 4) is 0 Å². The SMILES string of the molecule is CC1CCCCN1C(=O)C1CCN(S(=O)(=O)c2ccc3c(c2)CCC3)CC1. The van der Waals surface area contributed by atoms with Gasteiger partial charge in [-0.15, -0.1) is 0 Å². The summed E-state index contributed by atoms with van der Waals surface area (Å²) in [6, 6.07) is 5.92. The third-order valence-corrected chi connectivity index (χ3v) is 8.49. The third kappa shape index (κ3) is 3.66. The van der Waals surface area contributed by atoms with Crippen LogP contribution < -0.4 is 0 Å². The van der Waals surface area contributed by atoms with Crippen LogP contribution in [0.15, 0.2) is 23.1 Å². The molecular weight excluding hydrogens is 360 g/mol. The zero-order valence-electron chi connectivity index (χ0n) is 16.2. The zero-order valence-corrected chi connectivity index (χ0v) is 17.0. The van der Waals surface area contributed by atoms with Crippen molar-refractivity contribution in [2.75, 3.05) is 19.6 Å². The number of rotatable bonds is 3. The summed E-state index contributed by atoms with van der Waals surface area (Å²) in [6.07, 6.45) is 7.77. The van der Waals surface area contributed by atoms with Gasteiger partial charge in [0.05, 0.1) is 4.90 Å². The predicted molar refractivity (Wildman–Crippen MR) is 105 cm³/mol. The fourth-order valence-electron chi connectivity index (χ4n) is 4.86. The Morgan fingerprint density at radius 3 is 2.44 bits per heavy atom. The van der Waals surface area contributed by atoms with E-state index in [4.69, 9.17) is 0 Å². The molecule has 0 aromatic heterocycles. The van der Waals surface area contributed by atoms with E-state index in [9.17, 15) is 13.2 Å². The number of aryl methyl sites for hydroxylation is 2. The molecule has 6 heteroatoms. The van der Waals surface area contributed by atoms with Gasteiger partial charge in [0.1, 0.15) is 0 Å². The van der Waals surface area contributed by atoms with E-state index in [0.717, 1.165) is 38.6 Å². The first-order valence-electron chi connectivity index (χ1n) is 10.4. The number of fused-ring (bicyclic) bond motifs is 1. The number of amides is 1. The Morgan fingerprint density at radius 1 is 0.963 bits per heavy atom. The Kier molecular flexibility index (Phi) is 5.30. The lowest BCUT2D eigenvalue weighted by Crippen LogP contribution is -2.48. The maximum atomic E-state index is 13.0. The molecule has 27 heavy (non-hydrogen) atoms. The van der Waals surface area contributed by atoms with E-state index < -0.39 is 10.0 Å². The zero-order chi connectivity index (χ0) is 19.0. The largest absolute Gasteiger partial charge is 0.340 e. The standard InChI is InChI=1S/C21H30N2O3S/c1-16-5-2-3-12-23(16)21(24)18-10-13-22(14-11-18)27(25,26)20-9-8-17-6-4-7-19(17)15-20/h8-9,15-16,18H,2-7,10-14H2,1H3. The molecule has 0 radical (unpaired) electrons. The molecule has 2 heterocycles. The fourth-order valence-corrected chi connectivity index (χ4v) is 6.38. The first kappa shape index (κ1) is 18.9. The highest BCUT2D eigenvalue weighted by Crippen LogP contribution is 2.30. The van der Waals surface area contributed by atoms with Crippen LogP contribution in [0.2, 0.25) is 0 Å². The summed E-state index contributed by atoms with van der Waals surface area (Å²) in [4.78, 5) is 15.3. The van der Waals surface area contributed by atoms with Crippen molar-refractivity contribution < 1.29 is 13.2 Å². The monoisotopic (exact) mass is 390 g/mol. The summed E-state index contributed by atoms with van der Waals surface area (Å²) in [6.45, 7) is 3.87. The first-order valence-corrected chi connectivity index (χ1v) is 11.8. The fraction of sp³-hybridized carbons (Fsp3) is 0.667. The van der Waals surface area contributed by atoms with Gasteiger partial charge in [-0.05, 0) is 81.5 Å². The molecule has 148 valence electrons. The minimum Gasteiger partial charge on any atom is -0.340 e. The average molecular weight is 391 g/mol. The minimum atomic E-state index is -3.46. The van der Waals surface area contributed by atoms with E-state index in [1.165, 1.54) is 17.5 Å². The van der Waals surface area contributed by atoms with Gasteiger partial charge in [0, 0.05) is 31.6 Å². The maximum Gasteiger partial charge on any atom is 0.243 e. The number of benzene rings is 1. The Labute approximate surface area is 162 Å². The van der Waals surface area contributed by atoms with Gasteiger partial charge in [0.25, 0.3) is 0 Å². The lowest BCUT2D eigenvalue weighted by atomic mass is 9.94. The molecule has 2 aliphatic heterocycles. The molecule has 1 aromatic carbocycles. The number of carbonyl (C=O) groups is 1. The van der Waals surface area contributed by atoms with E-state index >= 15 is 0 Å². The lowest BCUT2D eigenvalue weighted by Gasteiger charge is -2.38. The highest BCUT2D eigenvalue weighted by molar-refractivity contribution is 7.89. The normalized spacial score (nSPS) is 24.8. The van der Waals surface area contributed by atoms with Gasteiger partial charge in [-0.2, -0.15) is 4.31 Å². The predicted octanol–water partition coefficient (Wildman–Crippen LogP) is 2.98. The van der Waals surface area contributed by atoms with Gasteiger partial charge in [0.15, 0.2) is 0 Å². The molecule has 1 aromatic rings. The van der Waals surface area contributed by atoms with Crippen LogP contribution in [0.4, 0.5) is 0 Å². The highest BCUT2D eigenvalue weighted by atomic mass is 32.2. The molecule has 0 saturated carbocycles. The van der Waals surface area contributed by atoms with E-state index in [1.54, 1.807) is 10.4 Å². The summed E-state index contributed by atoms with van der Waals surface area (Å²) in [7, 11) is -3.46. The second-order valence-corrected chi connectivity index (χ2v) is 10.3. The van der Waals surface area contributed by atoms with Crippen LogP contribution >= 0.6 is 0 Å². The molecule has 5 nitrogen and oxygen atoms in total. The molecule has 3 aliphatic rings.